The molecule has 1 N–H and O–H groups in total. The van der Waals surface area contributed by atoms with Crippen LogP contribution in [0.4, 0.5) is 5.95 Å². The van der Waals surface area contributed by atoms with Gasteiger partial charge in [-0.3, -0.25) is 19.1 Å². The van der Waals surface area contributed by atoms with E-state index in [1.807, 2.05) is 4.90 Å². The number of halogens is 1. The van der Waals surface area contributed by atoms with Gasteiger partial charge in [0.25, 0.3) is 5.56 Å². The minimum atomic E-state index is -0.584. The number of nitrogens with zero attached hydrogens (tertiary/aromatic N) is 5. The normalized spacial score (nSPS) is 14.5. The van der Waals surface area contributed by atoms with Crippen LogP contribution in [0.2, 0.25) is 0 Å². The second-order valence-corrected chi connectivity index (χ2v) is 7.35. The third-order valence-electron chi connectivity index (χ3n) is 4.72. The lowest BCUT2D eigenvalue weighted by Crippen LogP contribution is -2.50. The summed E-state index contributed by atoms with van der Waals surface area (Å²) in [7, 11) is 0. The van der Waals surface area contributed by atoms with Gasteiger partial charge in [0.15, 0.2) is 0 Å². The van der Waals surface area contributed by atoms with Gasteiger partial charge in [-0.05, 0) is 28.1 Å². The molecule has 0 radical (unpaired) electrons. The summed E-state index contributed by atoms with van der Waals surface area (Å²) >= 11 is 3.31. The molecule has 0 aliphatic carbocycles. The number of aromatic nitrogens is 4. The fraction of sp³-hybridized carbons (Fsp3) is 0.278. The maximum Gasteiger partial charge on any atom is 0.329 e. The highest BCUT2D eigenvalue weighted by Crippen LogP contribution is 2.14. The van der Waals surface area contributed by atoms with Crippen molar-refractivity contribution in [1.29, 1.82) is 0 Å². The maximum atomic E-state index is 12.8. The van der Waals surface area contributed by atoms with E-state index in [1.165, 1.54) is 4.57 Å². The van der Waals surface area contributed by atoms with Gasteiger partial charge in [-0.1, -0.05) is 12.1 Å². The molecular weight excluding hydrogens is 428 g/mol. The van der Waals surface area contributed by atoms with Crippen LogP contribution in [0, 0.1) is 0 Å². The Kier molecular flexibility index (Phi) is 4.95. The average Bonchev–Trinajstić information content (AvgIpc) is 2.72. The first kappa shape index (κ1) is 18.4. The van der Waals surface area contributed by atoms with Crippen LogP contribution < -0.4 is 16.1 Å². The molecule has 1 aromatic carbocycles. The van der Waals surface area contributed by atoms with E-state index in [0.717, 1.165) is 4.47 Å². The number of hydrogen-bond acceptors (Lipinski definition) is 6. The van der Waals surface area contributed by atoms with Crippen molar-refractivity contribution >= 4 is 38.7 Å². The molecule has 1 aliphatic rings. The molecule has 0 spiro atoms. The van der Waals surface area contributed by atoms with Crippen molar-refractivity contribution in [3.05, 3.63) is 62.0 Å². The molecule has 1 aliphatic heterocycles. The fourth-order valence-corrected chi connectivity index (χ4v) is 3.46. The van der Waals surface area contributed by atoms with E-state index in [2.05, 4.69) is 30.9 Å². The second-order valence-electron chi connectivity index (χ2n) is 6.43. The quantitative estimate of drug-likeness (QED) is 0.633. The van der Waals surface area contributed by atoms with E-state index < -0.39 is 11.2 Å². The predicted octanol–water partition coefficient (Wildman–Crippen LogP) is 0.591. The molecule has 1 fully saturated rings. The number of rotatable bonds is 3. The molecule has 0 saturated carbocycles. The largest absolute Gasteiger partial charge is 0.338 e. The summed E-state index contributed by atoms with van der Waals surface area (Å²) < 4.78 is 2.12. The predicted molar refractivity (Wildman–Crippen MR) is 107 cm³/mol. The Morgan fingerprint density at radius 2 is 1.75 bits per heavy atom. The highest BCUT2D eigenvalue weighted by atomic mass is 79.9. The number of benzene rings is 1. The third-order valence-corrected chi connectivity index (χ3v) is 5.13. The van der Waals surface area contributed by atoms with Gasteiger partial charge < -0.3 is 9.80 Å². The fourth-order valence-electron chi connectivity index (χ4n) is 3.26. The summed E-state index contributed by atoms with van der Waals surface area (Å²) in [5.74, 6) is 0.453. The molecule has 2 aromatic heterocycles. The summed E-state index contributed by atoms with van der Waals surface area (Å²) in [6.45, 7) is 2.11. The number of fused-ring (bicyclic) bond motifs is 1. The molecule has 28 heavy (non-hydrogen) atoms. The number of carbonyl (C=O) groups is 1. The first-order chi connectivity index (χ1) is 13.5. The number of H-pyrrole nitrogens is 1. The zero-order chi connectivity index (χ0) is 19.7. The first-order valence-electron chi connectivity index (χ1n) is 8.75. The van der Waals surface area contributed by atoms with Gasteiger partial charge in [0.05, 0.1) is 15.4 Å². The van der Waals surface area contributed by atoms with Crippen molar-refractivity contribution in [2.45, 2.75) is 6.54 Å². The summed E-state index contributed by atoms with van der Waals surface area (Å²) in [6.07, 6.45) is 3.38. The van der Waals surface area contributed by atoms with E-state index in [4.69, 9.17) is 0 Å². The summed E-state index contributed by atoms with van der Waals surface area (Å²) in [5, 5.41) is 0.382. The zero-order valence-electron chi connectivity index (χ0n) is 14.8. The molecule has 3 aromatic rings. The Morgan fingerprint density at radius 3 is 2.46 bits per heavy atom. The van der Waals surface area contributed by atoms with Crippen LogP contribution in [-0.2, 0) is 11.3 Å². The van der Waals surface area contributed by atoms with Crippen LogP contribution in [0.25, 0.3) is 10.9 Å². The van der Waals surface area contributed by atoms with E-state index in [0.29, 0.717) is 43.0 Å². The molecular formula is C18H17BrN6O3. The third kappa shape index (κ3) is 3.55. The number of para-hydroxylation sites is 1. The van der Waals surface area contributed by atoms with Gasteiger partial charge in [-0.25, -0.2) is 14.8 Å². The molecule has 1 amide bonds. The van der Waals surface area contributed by atoms with Crippen molar-refractivity contribution in [2.24, 2.45) is 0 Å². The van der Waals surface area contributed by atoms with E-state index >= 15 is 0 Å². The average molecular weight is 445 g/mol. The SMILES string of the molecule is O=C(Cn1c(=O)[nH]c(=O)c2ccccc21)N1CCN(c2ncc(Br)cn2)CC1. The van der Waals surface area contributed by atoms with Crippen LogP contribution in [0.5, 0.6) is 0 Å². The van der Waals surface area contributed by atoms with E-state index in [-0.39, 0.29) is 12.5 Å². The molecule has 0 bridgehead atoms. The maximum absolute atomic E-state index is 12.8. The van der Waals surface area contributed by atoms with Crippen LogP contribution in [0.15, 0.2) is 50.7 Å². The summed E-state index contributed by atoms with van der Waals surface area (Å²) in [6, 6.07) is 6.75. The zero-order valence-corrected chi connectivity index (χ0v) is 16.4. The summed E-state index contributed by atoms with van der Waals surface area (Å²) in [4.78, 5) is 51.5. The highest BCUT2D eigenvalue weighted by Gasteiger charge is 2.23. The molecule has 144 valence electrons. The molecule has 1 saturated heterocycles. The van der Waals surface area contributed by atoms with Gasteiger partial charge in [-0.2, -0.15) is 0 Å². The molecule has 0 unspecified atom stereocenters. The topological polar surface area (TPSA) is 104 Å². The van der Waals surface area contributed by atoms with Crippen LogP contribution in [0.1, 0.15) is 0 Å². The second kappa shape index (κ2) is 7.55. The number of nitrogens with one attached hydrogen (secondary N) is 1. The van der Waals surface area contributed by atoms with E-state index in [1.54, 1.807) is 41.6 Å². The first-order valence-corrected chi connectivity index (χ1v) is 9.54. The molecule has 9 nitrogen and oxygen atoms in total. The smallest absolute Gasteiger partial charge is 0.329 e. The Morgan fingerprint density at radius 1 is 1.07 bits per heavy atom. The van der Waals surface area contributed by atoms with Gasteiger partial charge in [0, 0.05) is 38.6 Å². The lowest BCUT2D eigenvalue weighted by Gasteiger charge is -2.34. The van der Waals surface area contributed by atoms with Crippen molar-refractivity contribution in [2.75, 3.05) is 31.1 Å². The van der Waals surface area contributed by atoms with Crippen molar-refractivity contribution in [3.63, 3.8) is 0 Å². The minimum Gasteiger partial charge on any atom is -0.338 e. The minimum absolute atomic E-state index is 0.120. The standard InChI is InChI=1S/C18H17BrN6O3/c19-12-9-20-17(21-10-12)24-7-5-23(6-8-24)15(26)11-25-14-4-2-1-3-13(14)16(27)22-18(25)28/h1-4,9-10H,5-8,11H2,(H,22,27,28). The molecule has 3 heterocycles. The number of hydrogen-bond donors (Lipinski definition) is 1. The monoisotopic (exact) mass is 444 g/mol. The van der Waals surface area contributed by atoms with Crippen LogP contribution in [-0.4, -0.2) is 56.5 Å². The van der Waals surface area contributed by atoms with Crippen LogP contribution >= 0.6 is 15.9 Å². The number of anilines is 1. The van der Waals surface area contributed by atoms with Gasteiger partial charge in [-0.15, -0.1) is 0 Å². The highest BCUT2D eigenvalue weighted by molar-refractivity contribution is 9.10. The van der Waals surface area contributed by atoms with Gasteiger partial charge in [0.1, 0.15) is 6.54 Å². The number of aromatic amines is 1. The lowest BCUT2D eigenvalue weighted by atomic mass is 10.2. The Bertz CT molecular complexity index is 1130. The molecule has 4 rings (SSSR count). The Balaban J connectivity index is 1.48. The van der Waals surface area contributed by atoms with Crippen LogP contribution in [0.3, 0.4) is 0 Å². The number of carbonyl (C=O) groups excluding carboxylic acids is 1. The number of piperazine rings is 1. The van der Waals surface area contributed by atoms with Gasteiger partial charge in [0.2, 0.25) is 11.9 Å². The lowest BCUT2D eigenvalue weighted by molar-refractivity contribution is -0.132. The Hall–Kier alpha value is -3.01. The molecule has 10 heteroatoms. The molecule has 0 atom stereocenters. The van der Waals surface area contributed by atoms with Crippen molar-refractivity contribution in [1.82, 2.24) is 24.4 Å². The number of amides is 1. The van der Waals surface area contributed by atoms with E-state index in [9.17, 15) is 14.4 Å². The van der Waals surface area contributed by atoms with Gasteiger partial charge >= 0.3 is 5.69 Å². The summed E-state index contributed by atoms with van der Waals surface area (Å²) in [5.41, 5.74) is -0.585. The van der Waals surface area contributed by atoms with Crippen molar-refractivity contribution in [3.8, 4) is 0 Å². The Labute approximate surface area is 167 Å². The van der Waals surface area contributed by atoms with Crippen molar-refractivity contribution < 1.29 is 4.79 Å².